The number of amides is 2. The molecule has 0 saturated carbocycles. The average Bonchev–Trinajstić information content (AvgIpc) is 3.18. The molecule has 0 aromatic heterocycles. The van der Waals surface area contributed by atoms with Gasteiger partial charge in [0.05, 0.1) is 25.6 Å². The number of nitrogens with zero attached hydrogens (tertiary/aromatic N) is 1. The number of fused-ring (bicyclic) bond motifs is 3. The lowest BCUT2D eigenvalue weighted by atomic mass is 10.1. The van der Waals surface area contributed by atoms with Gasteiger partial charge in [-0.25, -0.2) is 0 Å². The minimum atomic E-state index is -0.953. The van der Waals surface area contributed by atoms with Crippen LogP contribution in [-0.2, 0) is 9.59 Å². The topological polar surface area (TPSA) is 67.9 Å². The van der Waals surface area contributed by atoms with Crippen LogP contribution in [0.15, 0.2) is 47.4 Å². The van der Waals surface area contributed by atoms with E-state index in [9.17, 15) is 9.59 Å². The van der Waals surface area contributed by atoms with E-state index in [1.165, 1.54) is 18.9 Å². The molecule has 7 heteroatoms. The lowest BCUT2D eigenvalue weighted by Gasteiger charge is -2.29. The SMILES string of the molecule is COc1ccc(NC(=O)[C@@]23CCC(=O)N2c2ccccc2S3)c(OC)c1. The zero-order valence-electron chi connectivity index (χ0n) is 14.4. The molecular formula is C19H18N2O4S. The number of hydrogen-bond donors (Lipinski definition) is 1. The van der Waals surface area contributed by atoms with Crippen LogP contribution in [0.2, 0.25) is 0 Å². The van der Waals surface area contributed by atoms with Crippen LogP contribution < -0.4 is 19.7 Å². The van der Waals surface area contributed by atoms with Gasteiger partial charge in [0.15, 0.2) is 4.87 Å². The van der Waals surface area contributed by atoms with Crippen LogP contribution in [0.5, 0.6) is 11.5 Å². The van der Waals surface area contributed by atoms with E-state index in [1.54, 1.807) is 30.2 Å². The summed E-state index contributed by atoms with van der Waals surface area (Å²) in [5.41, 5.74) is 1.35. The van der Waals surface area contributed by atoms with Crippen molar-refractivity contribution in [3.05, 3.63) is 42.5 Å². The largest absolute Gasteiger partial charge is 0.497 e. The van der Waals surface area contributed by atoms with Crippen molar-refractivity contribution in [1.82, 2.24) is 0 Å². The summed E-state index contributed by atoms with van der Waals surface area (Å²) in [5.74, 6) is 0.885. The van der Waals surface area contributed by atoms with Gasteiger partial charge in [-0.3, -0.25) is 14.5 Å². The predicted molar refractivity (Wildman–Crippen MR) is 99.9 cm³/mol. The van der Waals surface area contributed by atoms with E-state index in [1.807, 2.05) is 24.3 Å². The minimum absolute atomic E-state index is 0.0284. The van der Waals surface area contributed by atoms with E-state index in [0.717, 1.165) is 10.6 Å². The highest BCUT2D eigenvalue weighted by atomic mass is 32.2. The van der Waals surface area contributed by atoms with Gasteiger partial charge in [-0.1, -0.05) is 23.9 Å². The first-order valence-electron chi connectivity index (χ1n) is 8.23. The number of nitrogens with one attached hydrogen (secondary N) is 1. The molecule has 1 atom stereocenters. The zero-order chi connectivity index (χ0) is 18.3. The van der Waals surface area contributed by atoms with Crippen LogP contribution in [0, 0.1) is 0 Å². The van der Waals surface area contributed by atoms with Gasteiger partial charge in [0.2, 0.25) is 5.91 Å². The number of ether oxygens (including phenoxy) is 2. The molecule has 2 aromatic carbocycles. The molecule has 6 nitrogen and oxygen atoms in total. The molecule has 0 unspecified atom stereocenters. The molecule has 0 bridgehead atoms. The molecule has 2 aliphatic heterocycles. The molecule has 0 aliphatic carbocycles. The average molecular weight is 370 g/mol. The fourth-order valence-electron chi connectivity index (χ4n) is 3.42. The molecule has 134 valence electrons. The third kappa shape index (κ3) is 2.42. The van der Waals surface area contributed by atoms with Crippen molar-refractivity contribution >= 4 is 35.0 Å². The predicted octanol–water partition coefficient (Wildman–Crippen LogP) is 3.27. The minimum Gasteiger partial charge on any atom is -0.497 e. The van der Waals surface area contributed by atoms with Crippen LogP contribution >= 0.6 is 11.8 Å². The van der Waals surface area contributed by atoms with Gasteiger partial charge in [-0.15, -0.1) is 0 Å². The van der Waals surface area contributed by atoms with Gasteiger partial charge in [0, 0.05) is 17.4 Å². The Morgan fingerprint density at radius 3 is 2.77 bits per heavy atom. The summed E-state index contributed by atoms with van der Waals surface area (Å²) in [4.78, 5) is 27.3. The van der Waals surface area contributed by atoms with Crippen LogP contribution in [-0.4, -0.2) is 30.9 Å². The van der Waals surface area contributed by atoms with E-state index in [0.29, 0.717) is 30.0 Å². The van der Waals surface area contributed by atoms with Crippen molar-refractivity contribution in [2.24, 2.45) is 0 Å². The van der Waals surface area contributed by atoms with Crippen molar-refractivity contribution in [2.45, 2.75) is 22.6 Å². The Balaban J connectivity index is 1.68. The Kier molecular flexibility index (Phi) is 4.03. The highest BCUT2D eigenvalue weighted by Gasteiger charge is 2.57. The monoisotopic (exact) mass is 370 g/mol. The molecule has 0 radical (unpaired) electrons. The van der Waals surface area contributed by atoms with Gasteiger partial charge < -0.3 is 14.8 Å². The maximum Gasteiger partial charge on any atom is 0.261 e. The number of para-hydroxylation sites is 1. The highest BCUT2D eigenvalue weighted by Crippen LogP contribution is 2.56. The van der Waals surface area contributed by atoms with Gasteiger partial charge in [-0.2, -0.15) is 0 Å². The fraction of sp³-hybridized carbons (Fsp3) is 0.263. The molecular weight excluding hydrogens is 352 g/mol. The van der Waals surface area contributed by atoms with E-state index >= 15 is 0 Å². The Morgan fingerprint density at radius 2 is 2.00 bits per heavy atom. The molecule has 1 N–H and O–H groups in total. The summed E-state index contributed by atoms with van der Waals surface area (Å²) < 4.78 is 10.6. The second-order valence-corrected chi connectivity index (χ2v) is 7.42. The van der Waals surface area contributed by atoms with Crippen molar-refractivity contribution in [3.8, 4) is 11.5 Å². The normalized spacial score (nSPS) is 20.5. The molecule has 2 heterocycles. The first-order chi connectivity index (χ1) is 12.6. The Labute approximate surface area is 155 Å². The summed E-state index contributed by atoms with van der Waals surface area (Å²) in [6, 6.07) is 12.8. The molecule has 2 aliphatic rings. The number of carbonyl (C=O) groups is 2. The Bertz CT molecular complexity index is 901. The lowest BCUT2D eigenvalue weighted by Crippen LogP contribution is -2.49. The first-order valence-corrected chi connectivity index (χ1v) is 9.05. The third-order valence-electron chi connectivity index (χ3n) is 4.68. The molecule has 1 fully saturated rings. The quantitative estimate of drug-likeness (QED) is 0.895. The molecule has 4 rings (SSSR count). The number of anilines is 2. The third-order valence-corrected chi connectivity index (χ3v) is 6.16. The Hall–Kier alpha value is -2.67. The van der Waals surface area contributed by atoms with Crippen LogP contribution in [0.1, 0.15) is 12.8 Å². The van der Waals surface area contributed by atoms with Crippen LogP contribution in [0.3, 0.4) is 0 Å². The summed E-state index contributed by atoms with van der Waals surface area (Å²) in [6.07, 6.45) is 0.823. The van der Waals surface area contributed by atoms with Crippen LogP contribution in [0.4, 0.5) is 11.4 Å². The van der Waals surface area contributed by atoms with E-state index in [-0.39, 0.29) is 11.8 Å². The maximum atomic E-state index is 13.2. The molecule has 26 heavy (non-hydrogen) atoms. The molecule has 1 saturated heterocycles. The summed E-state index contributed by atoms with van der Waals surface area (Å²) in [7, 11) is 3.11. The zero-order valence-corrected chi connectivity index (χ0v) is 15.3. The number of hydrogen-bond acceptors (Lipinski definition) is 5. The van der Waals surface area contributed by atoms with Crippen molar-refractivity contribution in [3.63, 3.8) is 0 Å². The van der Waals surface area contributed by atoms with Crippen LogP contribution in [0.25, 0.3) is 0 Å². The molecule has 2 aromatic rings. The first kappa shape index (κ1) is 16.8. The number of rotatable bonds is 4. The molecule has 0 spiro atoms. The second-order valence-electron chi connectivity index (χ2n) is 6.10. The highest BCUT2D eigenvalue weighted by molar-refractivity contribution is 8.02. The number of methoxy groups -OCH3 is 2. The van der Waals surface area contributed by atoms with E-state index in [2.05, 4.69) is 5.32 Å². The Morgan fingerprint density at radius 1 is 1.19 bits per heavy atom. The van der Waals surface area contributed by atoms with Gasteiger partial charge in [0.25, 0.3) is 5.91 Å². The number of carbonyl (C=O) groups excluding carboxylic acids is 2. The van der Waals surface area contributed by atoms with Gasteiger partial charge in [-0.05, 0) is 30.7 Å². The number of benzene rings is 2. The summed E-state index contributed by atoms with van der Waals surface area (Å²) in [6.45, 7) is 0. The smallest absolute Gasteiger partial charge is 0.261 e. The summed E-state index contributed by atoms with van der Waals surface area (Å²) >= 11 is 1.43. The van der Waals surface area contributed by atoms with Crippen molar-refractivity contribution in [2.75, 3.05) is 24.4 Å². The number of thioether (sulfide) groups is 1. The molecule has 2 amide bonds. The van der Waals surface area contributed by atoms with Crippen molar-refractivity contribution in [1.29, 1.82) is 0 Å². The van der Waals surface area contributed by atoms with Crippen molar-refractivity contribution < 1.29 is 19.1 Å². The standard InChI is InChI=1S/C19H18N2O4S/c1-24-12-7-8-13(15(11-12)25-2)20-18(23)19-10-9-17(22)21(19)14-5-3-4-6-16(14)26-19/h3-8,11H,9-10H2,1-2H3,(H,20,23)/t19-/m0/s1. The van der Waals surface area contributed by atoms with E-state index in [4.69, 9.17) is 9.47 Å². The maximum absolute atomic E-state index is 13.2. The fourth-order valence-corrected chi connectivity index (χ4v) is 4.83. The van der Waals surface area contributed by atoms with Gasteiger partial charge >= 0.3 is 0 Å². The van der Waals surface area contributed by atoms with Gasteiger partial charge in [0.1, 0.15) is 11.5 Å². The van der Waals surface area contributed by atoms with E-state index < -0.39 is 4.87 Å². The summed E-state index contributed by atoms with van der Waals surface area (Å²) in [5, 5.41) is 2.94. The lowest BCUT2D eigenvalue weighted by molar-refractivity contribution is -0.121. The second kappa shape index (κ2) is 6.25.